The summed E-state index contributed by atoms with van der Waals surface area (Å²) in [5, 5.41) is 15.2. The molecule has 5 rings (SSSR count). The highest BCUT2D eigenvalue weighted by Gasteiger charge is 2.48. The Kier molecular flexibility index (Phi) is 8.08. The number of aliphatic hydroxyl groups excluding tert-OH is 1. The number of ether oxygens (including phenoxy) is 1. The number of halogens is 1. The number of nitrogens with two attached hydrogens (primary N) is 1. The first-order valence-electron chi connectivity index (χ1n) is 15.0. The van der Waals surface area contributed by atoms with Crippen molar-refractivity contribution in [2.24, 2.45) is 28.6 Å². The van der Waals surface area contributed by atoms with E-state index in [9.17, 15) is 14.7 Å². The molecule has 3 aromatic heterocycles. The molecule has 0 amide bonds. The molecule has 44 heavy (non-hydrogen) atoms. The molecule has 1 fully saturated rings. The van der Waals surface area contributed by atoms with Crippen LogP contribution in [0.25, 0.3) is 28.4 Å². The number of fused-ring (bicyclic) bond motifs is 1. The smallest absolute Gasteiger partial charge is 0.343 e. The van der Waals surface area contributed by atoms with Crippen molar-refractivity contribution in [1.82, 2.24) is 19.2 Å². The van der Waals surface area contributed by atoms with Crippen LogP contribution < -0.4 is 16.5 Å². The zero-order chi connectivity index (χ0) is 32.3. The largest absolute Gasteiger partial charge is 0.512 e. The number of benzene rings is 1. The lowest BCUT2D eigenvalue weighted by Gasteiger charge is -2.50. The minimum absolute atomic E-state index is 0.0294. The van der Waals surface area contributed by atoms with Crippen LogP contribution in [0, 0.1) is 28.6 Å². The van der Waals surface area contributed by atoms with Crippen molar-refractivity contribution in [3.63, 3.8) is 0 Å². The first kappa shape index (κ1) is 31.6. The topological polar surface area (TPSA) is 125 Å². The summed E-state index contributed by atoms with van der Waals surface area (Å²) in [6.45, 7) is 16.8. The van der Waals surface area contributed by atoms with E-state index in [1.807, 2.05) is 0 Å². The van der Waals surface area contributed by atoms with Crippen LogP contribution in [0.3, 0.4) is 0 Å². The average Bonchev–Trinajstić information content (AvgIpc) is 3.55. The minimum atomic E-state index is -0.626. The fourth-order valence-corrected chi connectivity index (χ4v) is 6.95. The molecule has 9 nitrogen and oxygen atoms in total. The van der Waals surface area contributed by atoms with Crippen molar-refractivity contribution in [2.75, 3.05) is 5.73 Å². The zero-order valence-electron chi connectivity index (χ0n) is 26.7. The number of rotatable bonds is 4. The van der Waals surface area contributed by atoms with Gasteiger partial charge >= 0.3 is 5.97 Å². The molecule has 234 valence electrons. The maximum Gasteiger partial charge on any atom is 0.343 e. The molecule has 0 radical (unpaired) electrons. The number of carbonyl (C=O) groups excluding carboxylic acids is 1. The van der Waals surface area contributed by atoms with Gasteiger partial charge in [0.1, 0.15) is 28.5 Å². The van der Waals surface area contributed by atoms with E-state index in [1.165, 1.54) is 16.0 Å². The van der Waals surface area contributed by atoms with Crippen molar-refractivity contribution >= 4 is 34.8 Å². The number of nitrogens with zero attached hydrogens (tertiary/aromatic N) is 4. The Bertz CT molecular complexity index is 1790. The number of hydrogen-bond donors (Lipinski definition) is 2. The lowest BCUT2D eigenvalue weighted by molar-refractivity contribution is -0.0922. The standard InChI is InChI=1S/C34H42ClN5O4/c1-18-16-22(33(3,4)5)27(23(17-18)34(6,7)8)44-32(43)26-25(20-10-12-21(35)13-11-20)30(39-15-9-14-37-39)40-29(26)38-28(36)24(19(2)41)31(40)42/h9-15,18,22-23,27,41H,16-17H2,1-8H3,(H2,36,38)/b24-19-. The van der Waals surface area contributed by atoms with Gasteiger partial charge in [0.2, 0.25) is 0 Å². The molecule has 0 bridgehead atoms. The Balaban J connectivity index is 1.84. The predicted molar refractivity (Wildman–Crippen MR) is 174 cm³/mol. The summed E-state index contributed by atoms with van der Waals surface area (Å²) in [6.07, 6.45) is 4.73. The Morgan fingerprint density at radius 3 is 2.16 bits per heavy atom. The molecule has 3 heterocycles. The summed E-state index contributed by atoms with van der Waals surface area (Å²) in [5.74, 6) is -0.111. The monoisotopic (exact) mass is 619 g/mol. The third-order valence-electron chi connectivity index (χ3n) is 9.01. The molecular weight excluding hydrogens is 578 g/mol. The van der Waals surface area contributed by atoms with Crippen LogP contribution in [0.1, 0.15) is 78.6 Å². The van der Waals surface area contributed by atoms with E-state index in [0.29, 0.717) is 22.1 Å². The second-order valence-corrected chi connectivity index (χ2v) is 14.8. The van der Waals surface area contributed by atoms with E-state index in [1.54, 1.807) is 42.7 Å². The summed E-state index contributed by atoms with van der Waals surface area (Å²) < 4.78 is 9.42. The van der Waals surface area contributed by atoms with E-state index < -0.39 is 11.5 Å². The number of carbonyl (C=O) groups is 1. The third-order valence-corrected chi connectivity index (χ3v) is 9.27. The molecule has 0 spiro atoms. The predicted octanol–water partition coefficient (Wildman–Crippen LogP) is 6.47. The quantitative estimate of drug-likeness (QED) is 0.251. The summed E-state index contributed by atoms with van der Waals surface area (Å²) in [7, 11) is 0. The number of nitrogen functional groups attached to an aromatic ring is 1. The van der Waals surface area contributed by atoms with Crippen molar-refractivity contribution in [1.29, 1.82) is 0 Å². The van der Waals surface area contributed by atoms with E-state index in [2.05, 4.69) is 58.5 Å². The van der Waals surface area contributed by atoms with Crippen LogP contribution in [0.5, 0.6) is 0 Å². The van der Waals surface area contributed by atoms with Gasteiger partial charge in [0, 0.05) is 34.8 Å². The zero-order valence-corrected chi connectivity index (χ0v) is 27.4. The van der Waals surface area contributed by atoms with Crippen molar-refractivity contribution in [3.8, 4) is 16.9 Å². The molecular formula is C34H42ClN5O4. The Labute approximate surface area is 262 Å². The highest BCUT2D eigenvalue weighted by Crippen LogP contribution is 2.50. The normalized spacial score (nSPS) is 21.8. The molecule has 1 aliphatic carbocycles. The second-order valence-electron chi connectivity index (χ2n) is 14.3. The van der Waals surface area contributed by atoms with Gasteiger partial charge in [-0.25, -0.2) is 18.9 Å². The molecule has 1 aliphatic rings. The second kappa shape index (κ2) is 11.3. The summed E-state index contributed by atoms with van der Waals surface area (Å²) >= 11 is 6.26. The van der Waals surface area contributed by atoms with Gasteiger partial charge < -0.3 is 15.6 Å². The third kappa shape index (κ3) is 5.58. The van der Waals surface area contributed by atoms with Crippen LogP contribution in [0.15, 0.2) is 47.5 Å². The highest BCUT2D eigenvalue weighted by molar-refractivity contribution is 6.30. The SMILES string of the molecule is C/C(O)=c1\c(N)nc2c(C(=O)OC3C(C(C)(C)C)CC(C)CC3C(C)(C)C)c(-c3ccc(Cl)cc3)c(-n3cccn3)n2c1=O. The number of aromatic nitrogens is 4. The first-order chi connectivity index (χ1) is 20.5. The Morgan fingerprint density at radius 2 is 1.66 bits per heavy atom. The summed E-state index contributed by atoms with van der Waals surface area (Å²) in [6, 6.07) is 8.69. The molecule has 1 aromatic carbocycles. The molecule has 0 aliphatic heterocycles. The lowest BCUT2D eigenvalue weighted by atomic mass is 9.59. The highest BCUT2D eigenvalue weighted by atomic mass is 35.5. The lowest BCUT2D eigenvalue weighted by Crippen LogP contribution is -2.49. The van der Waals surface area contributed by atoms with Crippen molar-refractivity contribution < 1.29 is 14.6 Å². The number of hydrogen-bond acceptors (Lipinski definition) is 7. The van der Waals surface area contributed by atoms with Gasteiger partial charge in [0.05, 0.1) is 0 Å². The van der Waals surface area contributed by atoms with Gasteiger partial charge in [0.15, 0.2) is 11.5 Å². The van der Waals surface area contributed by atoms with Gasteiger partial charge in [-0.2, -0.15) is 5.10 Å². The van der Waals surface area contributed by atoms with Crippen LogP contribution >= 0.6 is 11.6 Å². The average molecular weight is 620 g/mol. The van der Waals surface area contributed by atoms with Crippen LogP contribution in [-0.4, -0.2) is 36.3 Å². The van der Waals surface area contributed by atoms with Gasteiger partial charge in [-0.05, 0) is 60.3 Å². The minimum Gasteiger partial charge on any atom is -0.512 e. The van der Waals surface area contributed by atoms with Crippen molar-refractivity contribution in [2.45, 2.75) is 74.3 Å². The van der Waals surface area contributed by atoms with Crippen LogP contribution in [0.4, 0.5) is 5.82 Å². The molecule has 2 unspecified atom stereocenters. The molecule has 0 saturated heterocycles. The number of aliphatic hydroxyl groups is 1. The van der Waals surface area contributed by atoms with Crippen molar-refractivity contribution in [3.05, 3.63) is 68.9 Å². The maximum atomic E-state index is 14.7. The summed E-state index contributed by atoms with van der Waals surface area (Å²) in [5.41, 5.74) is 6.52. The maximum absolute atomic E-state index is 14.7. The van der Waals surface area contributed by atoms with Crippen LogP contribution in [0.2, 0.25) is 5.02 Å². The fraction of sp³-hybridized carbons (Fsp3) is 0.471. The first-order valence-corrected chi connectivity index (χ1v) is 15.4. The van der Waals surface area contributed by atoms with Crippen LogP contribution in [-0.2, 0) is 4.74 Å². The van der Waals surface area contributed by atoms with E-state index in [0.717, 1.165) is 12.8 Å². The van der Waals surface area contributed by atoms with Gasteiger partial charge in [0.25, 0.3) is 5.56 Å². The van der Waals surface area contributed by atoms with E-state index >= 15 is 0 Å². The number of anilines is 1. The molecule has 4 aromatic rings. The molecule has 1 saturated carbocycles. The molecule has 10 heteroatoms. The Hall–Kier alpha value is -3.85. The Morgan fingerprint density at radius 1 is 1.07 bits per heavy atom. The summed E-state index contributed by atoms with van der Waals surface area (Å²) in [4.78, 5) is 33.3. The number of esters is 1. The molecule has 2 atom stereocenters. The van der Waals surface area contributed by atoms with E-state index in [4.69, 9.17) is 22.1 Å². The fourth-order valence-electron chi connectivity index (χ4n) is 6.82. The molecule has 3 N–H and O–H groups in total. The van der Waals surface area contributed by atoms with Gasteiger partial charge in [-0.1, -0.05) is 72.2 Å². The van der Waals surface area contributed by atoms with Gasteiger partial charge in [-0.15, -0.1) is 0 Å². The van der Waals surface area contributed by atoms with E-state index in [-0.39, 0.29) is 62.6 Å². The van der Waals surface area contributed by atoms with Gasteiger partial charge in [-0.3, -0.25) is 4.79 Å².